The van der Waals surface area contributed by atoms with E-state index in [0.29, 0.717) is 35.1 Å². The van der Waals surface area contributed by atoms with Crippen LogP contribution in [0.4, 0.5) is 4.39 Å². The molecule has 2 bridgehead atoms. The van der Waals surface area contributed by atoms with Crippen molar-refractivity contribution in [2.75, 3.05) is 7.11 Å². The number of benzene rings is 1. The average molecular weight is 497 g/mol. The van der Waals surface area contributed by atoms with Crippen LogP contribution in [0.2, 0.25) is 0 Å². The number of hydrogen-bond donors (Lipinski definition) is 1. The van der Waals surface area contributed by atoms with Gasteiger partial charge in [0.15, 0.2) is 5.78 Å². The van der Waals surface area contributed by atoms with Crippen molar-refractivity contribution in [2.45, 2.75) is 89.9 Å². The Labute approximate surface area is 213 Å². The number of carbonyl (C=O) groups excluding carboxylic acids is 1. The van der Waals surface area contributed by atoms with Gasteiger partial charge < -0.3 is 9.84 Å². The van der Waals surface area contributed by atoms with Crippen LogP contribution in [0.15, 0.2) is 24.4 Å². The molecule has 4 fully saturated rings. The molecule has 5 nitrogen and oxygen atoms in total. The lowest BCUT2D eigenvalue weighted by Crippen LogP contribution is -2.46. The second kappa shape index (κ2) is 8.90. The molecule has 1 aromatic heterocycles. The van der Waals surface area contributed by atoms with Crippen molar-refractivity contribution in [3.05, 3.63) is 30.2 Å². The second-order valence-corrected chi connectivity index (χ2v) is 13.0. The molecule has 1 N–H and O–H groups in total. The molecule has 2 aromatic rings. The molecule has 196 valence electrons. The number of ketones is 1. The summed E-state index contributed by atoms with van der Waals surface area (Å²) < 4.78 is 21.5. The average Bonchev–Trinajstić information content (AvgIpc) is 3.30. The van der Waals surface area contributed by atoms with Gasteiger partial charge in [0.25, 0.3) is 0 Å². The molecule has 6 rings (SSSR count). The van der Waals surface area contributed by atoms with E-state index in [0.717, 1.165) is 56.8 Å². The number of carbonyl (C=O) groups is 1. The lowest BCUT2D eigenvalue weighted by molar-refractivity contribution is -0.130. The fraction of sp³-hybridized carbons (Fsp3) is 0.733. The Hall–Kier alpha value is -1.79. The van der Waals surface area contributed by atoms with Crippen LogP contribution in [0, 0.1) is 46.7 Å². The molecule has 0 radical (unpaired) electrons. The highest BCUT2D eigenvalue weighted by atomic mass is 19.1. The van der Waals surface area contributed by atoms with Crippen LogP contribution < -0.4 is 0 Å². The predicted octanol–water partition coefficient (Wildman–Crippen LogP) is 5.78. The zero-order valence-corrected chi connectivity index (χ0v) is 22.0. The summed E-state index contributed by atoms with van der Waals surface area (Å²) in [5.74, 6) is 2.84. The summed E-state index contributed by atoms with van der Waals surface area (Å²) in [6.45, 7) is 4.67. The maximum atomic E-state index is 13.7. The molecular formula is C30H41FN2O3. The van der Waals surface area contributed by atoms with Crippen LogP contribution in [0.5, 0.6) is 0 Å². The second-order valence-electron chi connectivity index (χ2n) is 13.0. The van der Waals surface area contributed by atoms with Gasteiger partial charge in [-0.05, 0) is 112 Å². The van der Waals surface area contributed by atoms with Gasteiger partial charge in [0.1, 0.15) is 5.82 Å². The maximum Gasteiger partial charge on any atom is 0.157 e. The Morgan fingerprint density at radius 1 is 1.11 bits per heavy atom. The molecule has 9 atom stereocenters. The van der Waals surface area contributed by atoms with Crippen LogP contribution >= 0.6 is 0 Å². The van der Waals surface area contributed by atoms with E-state index in [9.17, 15) is 14.3 Å². The molecule has 4 saturated carbocycles. The minimum Gasteiger partial charge on any atom is -0.390 e. The van der Waals surface area contributed by atoms with E-state index in [-0.39, 0.29) is 35.6 Å². The topological polar surface area (TPSA) is 64.4 Å². The van der Waals surface area contributed by atoms with Gasteiger partial charge in [-0.3, -0.25) is 9.48 Å². The lowest BCUT2D eigenvalue weighted by Gasteiger charge is -2.50. The summed E-state index contributed by atoms with van der Waals surface area (Å²) in [6, 6.07) is 4.60. The largest absolute Gasteiger partial charge is 0.390 e. The Morgan fingerprint density at radius 2 is 1.92 bits per heavy atom. The van der Waals surface area contributed by atoms with Crippen LogP contribution in [0.25, 0.3) is 10.9 Å². The number of fused-ring (bicyclic) bond motifs is 7. The fourth-order valence-corrected chi connectivity index (χ4v) is 9.46. The summed E-state index contributed by atoms with van der Waals surface area (Å²) >= 11 is 0. The third kappa shape index (κ3) is 4.03. The van der Waals surface area contributed by atoms with Gasteiger partial charge in [-0.1, -0.05) is 6.92 Å². The van der Waals surface area contributed by atoms with E-state index in [1.807, 2.05) is 20.2 Å². The summed E-state index contributed by atoms with van der Waals surface area (Å²) in [5, 5.41) is 16.3. The van der Waals surface area contributed by atoms with E-state index < -0.39 is 5.60 Å². The van der Waals surface area contributed by atoms with Crippen molar-refractivity contribution in [1.29, 1.82) is 0 Å². The van der Waals surface area contributed by atoms with Gasteiger partial charge >= 0.3 is 0 Å². The highest BCUT2D eigenvalue weighted by Crippen LogP contribution is 2.63. The highest BCUT2D eigenvalue weighted by molar-refractivity contribution is 5.83. The Bertz CT molecular complexity index is 1140. The summed E-state index contributed by atoms with van der Waals surface area (Å²) in [6.07, 6.45) is 11.5. The van der Waals surface area contributed by atoms with Gasteiger partial charge in [0.05, 0.1) is 23.8 Å². The lowest BCUT2D eigenvalue weighted by atomic mass is 9.54. The summed E-state index contributed by atoms with van der Waals surface area (Å²) in [7, 11) is 1.87. The molecule has 0 aliphatic heterocycles. The third-order valence-corrected chi connectivity index (χ3v) is 11.0. The van der Waals surface area contributed by atoms with Crippen molar-refractivity contribution in [2.24, 2.45) is 40.9 Å². The number of methoxy groups -OCH3 is 1. The van der Waals surface area contributed by atoms with Crippen molar-refractivity contribution in [3.8, 4) is 0 Å². The van der Waals surface area contributed by atoms with Gasteiger partial charge in [0, 0.05) is 30.7 Å². The van der Waals surface area contributed by atoms with Gasteiger partial charge in [0.2, 0.25) is 0 Å². The highest BCUT2D eigenvalue weighted by Gasteiger charge is 2.58. The van der Waals surface area contributed by atoms with Crippen LogP contribution in [0.1, 0.15) is 71.6 Å². The molecule has 0 amide bonds. The molecular weight excluding hydrogens is 455 g/mol. The van der Waals surface area contributed by atoms with E-state index in [4.69, 9.17) is 4.74 Å². The quantitative estimate of drug-likeness (QED) is 0.583. The third-order valence-electron chi connectivity index (χ3n) is 11.0. The molecule has 6 heteroatoms. The predicted molar refractivity (Wildman–Crippen MR) is 137 cm³/mol. The molecule has 4 aliphatic rings. The number of aliphatic hydroxyl groups is 1. The summed E-state index contributed by atoms with van der Waals surface area (Å²) in [4.78, 5) is 13.7. The summed E-state index contributed by atoms with van der Waals surface area (Å²) in [5.41, 5.74) is 0.0608. The molecule has 36 heavy (non-hydrogen) atoms. The Balaban J connectivity index is 1.22. The number of ether oxygens (including phenoxy) is 1. The molecule has 4 aliphatic carbocycles. The van der Waals surface area contributed by atoms with Gasteiger partial charge in [-0.2, -0.15) is 5.10 Å². The number of halogens is 1. The Kier molecular flexibility index (Phi) is 6.07. The van der Waals surface area contributed by atoms with Gasteiger partial charge in [-0.15, -0.1) is 0 Å². The number of nitrogens with zero attached hydrogens (tertiary/aromatic N) is 2. The van der Waals surface area contributed by atoms with Crippen LogP contribution in [-0.2, 0) is 16.1 Å². The fourth-order valence-electron chi connectivity index (χ4n) is 9.46. The minimum atomic E-state index is -0.583. The van der Waals surface area contributed by atoms with E-state index in [1.54, 1.807) is 10.7 Å². The molecule has 0 spiro atoms. The van der Waals surface area contributed by atoms with Crippen molar-refractivity contribution < 1.29 is 19.0 Å². The number of rotatable bonds is 4. The smallest absolute Gasteiger partial charge is 0.157 e. The molecule has 1 heterocycles. The van der Waals surface area contributed by atoms with Crippen LogP contribution in [-0.4, -0.2) is 39.5 Å². The monoisotopic (exact) mass is 496 g/mol. The van der Waals surface area contributed by atoms with Crippen molar-refractivity contribution in [1.82, 2.24) is 9.78 Å². The molecule has 1 aromatic carbocycles. The van der Waals surface area contributed by atoms with E-state index >= 15 is 0 Å². The van der Waals surface area contributed by atoms with Gasteiger partial charge in [-0.25, -0.2) is 4.39 Å². The number of Topliss-reactive ketones (excluding diaryl/α,β-unsaturated/α-hetero) is 1. The first-order valence-electron chi connectivity index (χ1n) is 14.1. The van der Waals surface area contributed by atoms with E-state index in [1.165, 1.54) is 18.6 Å². The first-order valence-corrected chi connectivity index (χ1v) is 14.1. The Morgan fingerprint density at radius 3 is 2.72 bits per heavy atom. The van der Waals surface area contributed by atoms with Crippen molar-refractivity contribution >= 4 is 16.7 Å². The minimum absolute atomic E-state index is 0.0412. The standard InChI is InChI=1S/C30H41FN2O3/c1-29(35)12-10-23-21-11-13-30(2)24(22(21)7-5-18(15-29)28(23)36-3)8-9-25(30)27(34)17-33-16-19-4-6-20(31)14-26(19)32-33/h4,6,14,16,18,21-25,28,35H,5,7-13,15,17H2,1-3H3/t18-,21+,22-,23+,24+,25-,28?,29-,30+/m1/s1. The first-order chi connectivity index (χ1) is 17.2. The number of aromatic nitrogens is 2. The SMILES string of the molecule is COC1[C@@H]2CC[C@@H]3[C@H](CC[C@]4(C)[C@@H](C(=O)Cn5cc6ccc(F)cc6n5)CC[C@@H]34)[C@@H]1CC[C@@](C)(O)C2. The van der Waals surface area contributed by atoms with E-state index in [2.05, 4.69) is 12.0 Å². The van der Waals surface area contributed by atoms with Crippen molar-refractivity contribution in [3.63, 3.8) is 0 Å². The number of hydrogen-bond acceptors (Lipinski definition) is 4. The molecule has 1 unspecified atom stereocenters. The molecule has 0 saturated heterocycles. The normalized spacial score (nSPS) is 42.4. The maximum absolute atomic E-state index is 13.7. The van der Waals surface area contributed by atoms with Crippen LogP contribution in [0.3, 0.4) is 0 Å². The zero-order valence-electron chi connectivity index (χ0n) is 22.0. The first kappa shape index (κ1) is 24.5. The zero-order chi connectivity index (χ0) is 25.2.